The molecule has 3 heterocycles. The molecule has 0 spiro atoms. The largest absolute Gasteiger partial charge is 0.347 e. The predicted octanol–water partition coefficient (Wildman–Crippen LogP) is 5.32. The van der Waals surface area contributed by atoms with Gasteiger partial charge < -0.3 is 5.32 Å². The molecule has 10 heteroatoms. The van der Waals surface area contributed by atoms with Gasteiger partial charge in [-0.2, -0.15) is 0 Å². The number of fused-ring (bicyclic) bond motifs is 1. The number of benzene rings is 2. The van der Waals surface area contributed by atoms with Gasteiger partial charge in [-0.25, -0.2) is 17.8 Å². The van der Waals surface area contributed by atoms with Gasteiger partial charge in [-0.3, -0.25) is 9.78 Å². The smallest absolute Gasteiger partial charge is 0.261 e. The van der Waals surface area contributed by atoms with Crippen molar-refractivity contribution in [3.8, 4) is 10.6 Å². The average Bonchev–Trinajstić information content (AvgIpc) is 3.51. The number of hydrogen-bond donors (Lipinski definition) is 1. The number of halogens is 1. The van der Waals surface area contributed by atoms with Crippen LogP contribution in [-0.4, -0.2) is 24.3 Å². The van der Waals surface area contributed by atoms with Crippen LogP contribution in [0.4, 0.5) is 4.39 Å². The van der Waals surface area contributed by atoms with Crippen LogP contribution in [0.3, 0.4) is 0 Å². The minimum Gasteiger partial charge on any atom is -0.347 e. The van der Waals surface area contributed by atoms with E-state index in [-0.39, 0.29) is 22.4 Å². The van der Waals surface area contributed by atoms with Crippen molar-refractivity contribution in [2.24, 2.45) is 0 Å². The van der Waals surface area contributed by atoms with Gasteiger partial charge in [0.15, 0.2) is 5.03 Å². The standard InChI is InChI=1S/C24H16FN3O3S3/c25-18-3-1-2-17(10-18)24-28-22(14-32-24)34(30,31)19-6-4-15(5-7-19)12-27-23(29)20-11-16-8-9-26-13-21(16)33-20/h1-11,13-14H,12H2,(H,27,29). The van der Waals surface area contributed by atoms with Crippen LogP contribution in [0.5, 0.6) is 0 Å². The first-order chi connectivity index (χ1) is 16.4. The van der Waals surface area contributed by atoms with Crippen molar-refractivity contribution < 1.29 is 17.6 Å². The number of nitrogens with one attached hydrogen (secondary N) is 1. The van der Waals surface area contributed by atoms with Crippen LogP contribution in [0.2, 0.25) is 0 Å². The Kier molecular flexibility index (Phi) is 5.94. The van der Waals surface area contributed by atoms with Gasteiger partial charge in [0.05, 0.1) is 14.5 Å². The highest BCUT2D eigenvalue weighted by Crippen LogP contribution is 2.29. The molecule has 0 fully saturated rings. The van der Waals surface area contributed by atoms with E-state index in [9.17, 15) is 17.6 Å². The maximum atomic E-state index is 13.5. The molecular formula is C24H16FN3O3S3. The van der Waals surface area contributed by atoms with Gasteiger partial charge in [-0.15, -0.1) is 22.7 Å². The molecule has 0 radical (unpaired) electrons. The van der Waals surface area contributed by atoms with E-state index in [4.69, 9.17) is 0 Å². The van der Waals surface area contributed by atoms with E-state index in [1.807, 2.05) is 12.1 Å². The van der Waals surface area contributed by atoms with Crippen molar-refractivity contribution in [3.63, 3.8) is 0 Å². The molecule has 0 aliphatic rings. The van der Waals surface area contributed by atoms with Gasteiger partial charge in [0.2, 0.25) is 9.84 Å². The Bertz CT molecular complexity index is 1580. The van der Waals surface area contributed by atoms with Crippen molar-refractivity contribution in [3.05, 3.63) is 94.7 Å². The summed E-state index contributed by atoms with van der Waals surface area (Å²) in [6.07, 6.45) is 3.40. The van der Waals surface area contributed by atoms with Crippen LogP contribution >= 0.6 is 22.7 Å². The van der Waals surface area contributed by atoms with Crippen molar-refractivity contribution in [2.45, 2.75) is 16.5 Å². The fourth-order valence-corrected chi connectivity index (χ4v) is 6.59. The van der Waals surface area contributed by atoms with Crippen LogP contribution in [-0.2, 0) is 16.4 Å². The molecule has 1 amide bonds. The number of sulfone groups is 1. The van der Waals surface area contributed by atoms with E-state index in [0.29, 0.717) is 15.4 Å². The molecule has 170 valence electrons. The molecule has 0 bridgehead atoms. The lowest BCUT2D eigenvalue weighted by molar-refractivity contribution is 0.0955. The molecular weight excluding hydrogens is 493 g/mol. The third kappa shape index (κ3) is 4.47. The topological polar surface area (TPSA) is 89.0 Å². The van der Waals surface area contributed by atoms with E-state index in [1.54, 1.807) is 36.7 Å². The van der Waals surface area contributed by atoms with Gasteiger partial charge in [-0.1, -0.05) is 24.3 Å². The second-order valence-electron chi connectivity index (χ2n) is 7.36. The molecule has 2 aromatic carbocycles. The zero-order valence-corrected chi connectivity index (χ0v) is 19.9. The number of pyridine rings is 1. The van der Waals surface area contributed by atoms with Crippen molar-refractivity contribution >= 4 is 48.5 Å². The average molecular weight is 510 g/mol. The molecule has 0 saturated heterocycles. The number of carbonyl (C=O) groups is 1. The zero-order chi connectivity index (χ0) is 23.7. The van der Waals surface area contributed by atoms with E-state index < -0.39 is 15.7 Å². The lowest BCUT2D eigenvalue weighted by atomic mass is 10.2. The predicted molar refractivity (Wildman–Crippen MR) is 130 cm³/mol. The number of thiazole rings is 1. The first-order valence-electron chi connectivity index (χ1n) is 10.1. The lowest BCUT2D eigenvalue weighted by Gasteiger charge is -2.06. The molecule has 1 N–H and O–H groups in total. The maximum absolute atomic E-state index is 13.5. The fraction of sp³-hybridized carbons (Fsp3) is 0.0417. The van der Waals surface area contributed by atoms with Crippen LogP contribution in [0.25, 0.3) is 20.7 Å². The van der Waals surface area contributed by atoms with Gasteiger partial charge in [0, 0.05) is 29.9 Å². The Morgan fingerprint density at radius 1 is 1.06 bits per heavy atom. The number of carbonyl (C=O) groups excluding carboxylic acids is 1. The minimum atomic E-state index is -3.83. The Morgan fingerprint density at radius 2 is 1.88 bits per heavy atom. The highest BCUT2D eigenvalue weighted by molar-refractivity contribution is 7.91. The summed E-state index contributed by atoms with van der Waals surface area (Å²) in [7, 11) is -3.83. The third-order valence-corrected chi connectivity index (χ3v) is 8.84. The van der Waals surface area contributed by atoms with Crippen molar-refractivity contribution in [2.75, 3.05) is 0 Å². The van der Waals surface area contributed by atoms with Crippen LogP contribution in [0.1, 0.15) is 15.2 Å². The van der Waals surface area contributed by atoms with Crippen molar-refractivity contribution in [1.82, 2.24) is 15.3 Å². The number of thiophene rings is 1. The lowest BCUT2D eigenvalue weighted by Crippen LogP contribution is -2.21. The van der Waals surface area contributed by atoms with Crippen molar-refractivity contribution in [1.29, 1.82) is 0 Å². The van der Waals surface area contributed by atoms with E-state index in [1.165, 1.54) is 41.0 Å². The molecule has 5 aromatic rings. The molecule has 34 heavy (non-hydrogen) atoms. The monoisotopic (exact) mass is 509 g/mol. The highest BCUT2D eigenvalue weighted by atomic mass is 32.2. The van der Waals surface area contributed by atoms with E-state index >= 15 is 0 Å². The first kappa shape index (κ1) is 22.3. The molecule has 6 nitrogen and oxygen atoms in total. The summed E-state index contributed by atoms with van der Waals surface area (Å²) >= 11 is 2.50. The summed E-state index contributed by atoms with van der Waals surface area (Å²) in [5, 5.41) is 5.60. The number of amides is 1. The molecule has 3 aromatic heterocycles. The summed E-state index contributed by atoms with van der Waals surface area (Å²) in [5.74, 6) is -0.616. The maximum Gasteiger partial charge on any atom is 0.261 e. The Morgan fingerprint density at radius 3 is 2.65 bits per heavy atom. The van der Waals surface area contributed by atoms with Gasteiger partial charge in [0.25, 0.3) is 5.91 Å². The fourth-order valence-electron chi connectivity index (χ4n) is 3.31. The summed E-state index contributed by atoms with van der Waals surface area (Å²) in [6, 6.07) is 15.8. The number of aromatic nitrogens is 2. The van der Waals surface area contributed by atoms with Gasteiger partial charge >= 0.3 is 0 Å². The second-order valence-corrected chi connectivity index (χ2v) is 11.2. The van der Waals surface area contributed by atoms with Crippen LogP contribution in [0.15, 0.2) is 88.4 Å². The molecule has 0 atom stereocenters. The minimum absolute atomic E-state index is 0.0861. The normalized spacial score (nSPS) is 11.6. The number of hydrogen-bond acceptors (Lipinski definition) is 7. The molecule has 0 saturated carbocycles. The quantitative estimate of drug-likeness (QED) is 0.335. The third-order valence-electron chi connectivity index (χ3n) is 5.06. The molecule has 0 aliphatic heterocycles. The Labute approximate surface area is 202 Å². The van der Waals surface area contributed by atoms with E-state index in [0.717, 1.165) is 27.0 Å². The highest BCUT2D eigenvalue weighted by Gasteiger charge is 2.22. The van der Waals surface area contributed by atoms with Crippen LogP contribution < -0.4 is 5.32 Å². The molecule has 0 aliphatic carbocycles. The van der Waals surface area contributed by atoms with Gasteiger partial charge in [0.1, 0.15) is 10.8 Å². The first-order valence-corrected chi connectivity index (χ1v) is 13.3. The van der Waals surface area contributed by atoms with E-state index in [2.05, 4.69) is 15.3 Å². The summed E-state index contributed by atoms with van der Waals surface area (Å²) in [4.78, 5) is 21.4. The summed E-state index contributed by atoms with van der Waals surface area (Å²) in [6.45, 7) is 0.256. The zero-order valence-electron chi connectivity index (χ0n) is 17.4. The molecule has 0 unspecified atom stereocenters. The van der Waals surface area contributed by atoms with Gasteiger partial charge in [-0.05, 0) is 47.3 Å². The summed E-state index contributed by atoms with van der Waals surface area (Å²) in [5.41, 5.74) is 1.28. The SMILES string of the molecule is O=C(NCc1ccc(S(=O)(=O)c2csc(-c3cccc(F)c3)n2)cc1)c1cc2ccncc2s1. The summed E-state index contributed by atoms with van der Waals surface area (Å²) < 4.78 is 40.4. The number of rotatable bonds is 6. The van der Waals surface area contributed by atoms with Crippen LogP contribution in [0, 0.1) is 5.82 Å². The second kappa shape index (κ2) is 9.05. The number of nitrogens with zero attached hydrogens (tertiary/aromatic N) is 2. The Hall–Kier alpha value is -3.47. The Balaban J connectivity index is 1.28. The molecule has 5 rings (SSSR count).